The minimum absolute atomic E-state index is 0.112. The Bertz CT molecular complexity index is 961. The number of ketones is 1. The first-order chi connectivity index (χ1) is 17.2. The highest BCUT2D eigenvalue weighted by molar-refractivity contribution is 5.87. The molecule has 0 heterocycles. The lowest BCUT2D eigenvalue weighted by Crippen LogP contribution is -2.61. The van der Waals surface area contributed by atoms with Crippen molar-refractivity contribution in [2.45, 2.75) is 90.8 Å². The number of ether oxygens (including phenoxy) is 2. The number of fused-ring (bicyclic) bond motifs is 5. The van der Waals surface area contributed by atoms with Crippen LogP contribution >= 0.6 is 0 Å². The fraction of sp³-hybridized carbons (Fsp3) is 0.742. The summed E-state index contributed by atoms with van der Waals surface area (Å²) < 4.78 is 11.7. The van der Waals surface area contributed by atoms with Gasteiger partial charge in [0.25, 0.3) is 0 Å². The molecule has 0 aromatic heterocycles. The van der Waals surface area contributed by atoms with E-state index in [9.17, 15) is 14.7 Å². The minimum Gasteiger partial charge on any atom is -0.427 e. The fourth-order valence-electron chi connectivity index (χ4n) is 9.30. The fourth-order valence-corrected chi connectivity index (χ4v) is 9.30. The summed E-state index contributed by atoms with van der Waals surface area (Å²) in [6.07, 6.45) is 7.50. The van der Waals surface area contributed by atoms with E-state index in [2.05, 4.69) is 20.8 Å². The lowest BCUT2D eigenvalue weighted by molar-refractivity contribution is -0.186. The number of rotatable bonds is 6. The topological polar surface area (TPSA) is 72.8 Å². The van der Waals surface area contributed by atoms with E-state index in [0.717, 1.165) is 44.9 Å². The normalized spacial score (nSPS) is 42.7. The highest BCUT2D eigenvalue weighted by atomic mass is 16.5. The van der Waals surface area contributed by atoms with Crippen LogP contribution in [-0.4, -0.2) is 36.2 Å². The van der Waals surface area contributed by atoms with Gasteiger partial charge in [-0.1, -0.05) is 39.0 Å². The Kier molecular flexibility index (Phi) is 7.10. The van der Waals surface area contributed by atoms with Crippen LogP contribution < -0.4 is 4.74 Å². The molecule has 10 atom stereocenters. The van der Waals surface area contributed by atoms with Gasteiger partial charge in [-0.3, -0.25) is 9.59 Å². The highest BCUT2D eigenvalue weighted by Gasteiger charge is 2.66. The van der Waals surface area contributed by atoms with Crippen molar-refractivity contribution in [1.29, 1.82) is 0 Å². The Morgan fingerprint density at radius 1 is 1.11 bits per heavy atom. The van der Waals surface area contributed by atoms with E-state index in [1.54, 1.807) is 12.1 Å². The third-order valence-corrected chi connectivity index (χ3v) is 11.3. The molecule has 0 radical (unpaired) electrons. The van der Waals surface area contributed by atoms with Crippen LogP contribution in [0.3, 0.4) is 0 Å². The number of carbonyl (C=O) groups excluding carboxylic acids is 2. The van der Waals surface area contributed by atoms with Crippen molar-refractivity contribution in [3.8, 4) is 5.75 Å². The summed E-state index contributed by atoms with van der Waals surface area (Å²) in [4.78, 5) is 26.5. The Morgan fingerprint density at radius 2 is 1.86 bits per heavy atom. The maximum atomic E-state index is 14.0. The monoisotopic (exact) mass is 496 g/mol. The smallest absolute Gasteiger partial charge is 0.311 e. The summed E-state index contributed by atoms with van der Waals surface area (Å²) in [7, 11) is 1.84. The third-order valence-electron chi connectivity index (χ3n) is 11.3. The molecule has 4 aliphatic carbocycles. The molecule has 0 aliphatic heterocycles. The summed E-state index contributed by atoms with van der Waals surface area (Å²) in [6, 6.07) is 9.23. The van der Waals surface area contributed by atoms with E-state index in [0.29, 0.717) is 48.0 Å². The van der Waals surface area contributed by atoms with Gasteiger partial charge in [0.05, 0.1) is 12.2 Å². The zero-order valence-electron chi connectivity index (χ0n) is 22.4. The number of para-hydroxylation sites is 1. The van der Waals surface area contributed by atoms with Crippen LogP contribution in [0.15, 0.2) is 30.3 Å². The number of aliphatic hydroxyl groups is 1. The lowest BCUT2D eigenvalue weighted by Gasteiger charge is -2.62. The van der Waals surface area contributed by atoms with Gasteiger partial charge in [0, 0.05) is 25.4 Å². The van der Waals surface area contributed by atoms with Gasteiger partial charge in [0.1, 0.15) is 11.5 Å². The van der Waals surface area contributed by atoms with E-state index >= 15 is 0 Å². The van der Waals surface area contributed by atoms with Crippen LogP contribution in [0.1, 0.15) is 78.6 Å². The first kappa shape index (κ1) is 25.9. The van der Waals surface area contributed by atoms with Crippen molar-refractivity contribution in [3.63, 3.8) is 0 Å². The largest absolute Gasteiger partial charge is 0.427 e. The number of esters is 1. The van der Waals surface area contributed by atoms with Crippen molar-refractivity contribution in [2.75, 3.05) is 7.11 Å². The number of hydrogen-bond donors (Lipinski definition) is 1. The molecule has 5 nitrogen and oxygen atoms in total. The maximum Gasteiger partial charge on any atom is 0.311 e. The molecule has 0 bridgehead atoms. The van der Waals surface area contributed by atoms with Gasteiger partial charge in [0.15, 0.2) is 0 Å². The van der Waals surface area contributed by atoms with Crippen LogP contribution in [0.5, 0.6) is 5.75 Å². The second-order valence-corrected chi connectivity index (χ2v) is 12.8. The Morgan fingerprint density at radius 3 is 2.58 bits per heavy atom. The van der Waals surface area contributed by atoms with Crippen molar-refractivity contribution >= 4 is 11.8 Å². The van der Waals surface area contributed by atoms with E-state index in [1.807, 2.05) is 25.3 Å². The van der Waals surface area contributed by atoms with Gasteiger partial charge < -0.3 is 14.6 Å². The quantitative estimate of drug-likeness (QED) is 0.396. The van der Waals surface area contributed by atoms with Crippen LogP contribution in [0.25, 0.3) is 0 Å². The zero-order chi connectivity index (χ0) is 25.7. The molecule has 198 valence electrons. The van der Waals surface area contributed by atoms with Crippen LogP contribution in [0.4, 0.5) is 0 Å². The first-order valence-electron chi connectivity index (χ1n) is 14.2. The first-order valence-corrected chi connectivity index (χ1v) is 14.2. The molecule has 4 saturated carbocycles. The second-order valence-electron chi connectivity index (χ2n) is 12.8. The predicted octanol–water partition coefficient (Wildman–Crippen LogP) is 5.83. The number of benzene rings is 1. The molecule has 5 rings (SSSR count). The summed E-state index contributed by atoms with van der Waals surface area (Å²) in [6.45, 7) is 6.86. The highest BCUT2D eigenvalue weighted by Crippen LogP contribution is 2.67. The van der Waals surface area contributed by atoms with E-state index < -0.39 is 0 Å². The van der Waals surface area contributed by atoms with Crippen molar-refractivity contribution < 1.29 is 24.2 Å². The second kappa shape index (κ2) is 9.87. The number of hydrogen-bond acceptors (Lipinski definition) is 5. The summed E-state index contributed by atoms with van der Waals surface area (Å²) in [5.41, 5.74) is -0.237. The maximum absolute atomic E-state index is 14.0. The Balaban J connectivity index is 1.31. The van der Waals surface area contributed by atoms with Gasteiger partial charge in [-0.05, 0) is 98.0 Å². The van der Waals surface area contributed by atoms with E-state index in [-0.39, 0.29) is 40.8 Å². The molecular weight excluding hydrogens is 452 g/mol. The molecule has 1 N–H and O–H groups in total. The molecule has 4 aliphatic rings. The molecule has 1 aromatic rings. The van der Waals surface area contributed by atoms with Gasteiger partial charge >= 0.3 is 5.97 Å². The zero-order valence-corrected chi connectivity index (χ0v) is 22.4. The Hall–Kier alpha value is -1.72. The SMILES string of the molecule is CO[C@@H]1C[C@@H]2C[C@H](O)CC[C@]2(C)[C@H]2CC(=O)[C@]3(C)[C@@H]([C@H](C)CCC(=O)Oc4ccccc4)CC[C@H]3[C@H]12. The summed E-state index contributed by atoms with van der Waals surface area (Å²) >= 11 is 0. The van der Waals surface area contributed by atoms with Gasteiger partial charge in [-0.2, -0.15) is 0 Å². The molecule has 36 heavy (non-hydrogen) atoms. The number of aliphatic hydroxyl groups excluding tert-OH is 1. The van der Waals surface area contributed by atoms with Crippen LogP contribution in [-0.2, 0) is 14.3 Å². The van der Waals surface area contributed by atoms with E-state index in [1.165, 1.54) is 0 Å². The molecular formula is C31H44O5. The van der Waals surface area contributed by atoms with Crippen LogP contribution in [0, 0.1) is 46.3 Å². The van der Waals surface area contributed by atoms with Gasteiger partial charge in [-0.25, -0.2) is 0 Å². The molecule has 5 heteroatoms. The van der Waals surface area contributed by atoms with Gasteiger partial charge in [0.2, 0.25) is 0 Å². The Labute approximate surface area is 216 Å². The average molecular weight is 497 g/mol. The molecule has 4 fully saturated rings. The van der Waals surface area contributed by atoms with E-state index in [4.69, 9.17) is 9.47 Å². The molecule has 1 aromatic carbocycles. The number of Topliss-reactive ketones (excluding diaryl/α,β-unsaturated/α-hetero) is 1. The standard InChI is InChI=1S/C31H44O5/c1-19(10-13-28(34)36-22-8-6-5-7-9-22)23-11-12-24-29-25(18-27(33)31(23,24)3)30(2)15-14-21(32)16-20(30)17-26(29)35-4/h5-9,19-21,23-26,29,32H,10-18H2,1-4H3/t19-,20+,21-,23-,24+,25+,26-,29+,30+,31-/m1/s1. The van der Waals surface area contributed by atoms with Crippen molar-refractivity contribution in [3.05, 3.63) is 30.3 Å². The summed E-state index contributed by atoms with van der Waals surface area (Å²) in [5.74, 6) is 2.88. The molecule has 0 spiro atoms. The van der Waals surface area contributed by atoms with Crippen LogP contribution in [0.2, 0.25) is 0 Å². The van der Waals surface area contributed by atoms with Gasteiger partial charge in [-0.15, -0.1) is 0 Å². The third kappa shape index (κ3) is 4.24. The summed E-state index contributed by atoms with van der Waals surface area (Å²) in [5, 5.41) is 10.4. The average Bonchev–Trinajstić information content (AvgIpc) is 3.22. The number of carbonyl (C=O) groups is 2. The van der Waals surface area contributed by atoms with Crippen molar-refractivity contribution in [2.24, 2.45) is 46.3 Å². The number of methoxy groups -OCH3 is 1. The predicted molar refractivity (Wildman–Crippen MR) is 138 cm³/mol. The molecule has 0 saturated heterocycles. The lowest BCUT2D eigenvalue weighted by atomic mass is 9.43. The molecule has 0 unspecified atom stereocenters. The van der Waals surface area contributed by atoms with Crippen molar-refractivity contribution in [1.82, 2.24) is 0 Å². The minimum atomic E-state index is -0.349. The molecule has 0 amide bonds.